The lowest BCUT2D eigenvalue weighted by Crippen LogP contribution is -2.57. The zero-order chi connectivity index (χ0) is 18.1. The van der Waals surface area contributed by atoms with Crippen LogP contribution in [0.25, 0.3) is 0 Å². The molecular weight excluding hydrogens is 322 g/mol. The molecule has 0 radical (unpaired) electrons. The van der Waals surface area contributed by atoms with Crippen LogP contribution in [0.2, 0.25) is 0 Å². The van der Waals surface area contributed by atoms with E-state index in [1.54, 1.807) is 4.90 Å². The van der Waals surface area contributed by atoms with Crippen LogP contribution >= 0.6 is 0 Å². The van der Waals surface area contributed by atoms with Gasteiger partial charge in [-0.2, -0.15) is 0 Å². The molecule has 1 heterocycles. The highest BCUT2D eigenvalue weighted by atomic mass is 16.5. The molecule has 1 unspecified atom stereocenters. The topological polar surface area (TPSA) is 87.7 Å². The minimum absolute atomic E-state index is 0.0439. The summed E-state index contributed by atoms with van der Waals surface area (Å²) in [5.74, 6) is -0.834. The minimum atomic E-state index is -0.666. The zero-order valence-corrected chi connectivity index (χ0v) is 14.5. The van der Waals surface area contributed by atoms with Gasteiger partial charge < -0.3 is 15.4 Å². The number of carbonyl (C=O) groups excluding carboxylic acids is 3. The van der Waals surface area contributed by atoms with Gasteiger partial charge in [-0.25, -0.2) is 0 Å². The second kappa shape index (κ2) is 9.78. The van der Waals surface area contributed by atoms with Crippen LogP contribution in [-0.2, 0) is 25.7 Å². The normalized spacial score (nSPS) is 17.6. The fourth-order valence-electron chi connectivity index (χ4n) is 2.64. The summed E-state index contributed by atoms with van der Waals surface area (Å²) in [6.07, 6.45) is 0.687. The van der Waals surface area contributed by atoms with E-state index in [4.69, 9.17) is 4.74 Å². The number of ether oxygens (including phenoxy) is 1. The van der Waals surface area contributed by atoms with Crippen molar-refractivity contribution in [2.24, 2.45) is 0 Å². The molecule has 0 aromatic heterocycles. The van der Waals surface area contributed by atoms with Crippen molar-refractivity contribution in [3.8, 4) is 0 Å². The van der Waals surface area contributed by atoms with Crippen LogP contribution < -0.4 is 10.6 Å². The average molecular weight is 347 g/mol. The highest BCUT2D eigenvalue weighted by molar-refractivity contribution is 5.88. The largest absolute Gasteiger partial charge is 0.466 e. The standard InChI is InChI=1S/C18H25N3O4/c1-2-10-25-17(23)11-15-18(24)19-8-9-21(15)13-16(22)20-12-14-6-4-3-5-7-14/h3-7,15H,2,8-13H2,1H3,(H,19,24)(H,20,22). The summed E-state index contributed by atoms with van der Waals surface area (Å²) >= 11 is 0. The Hall–Kier alpha value is -2.41. The molecule has 136 valence electrons. The van der Waals surface area contributed by atoms with Gasteiger partial charge in [-0.1, -0.05) is 37.3 Å². The van der Waals surface area contributed by atoms with E-state index in [9.17, 15) is 14.4 Å². The second-order valence-electron chi connectivity index (χ2n) is 5.96. The SMILES string of the molecule is CCCOC(=O)CC1C(=O)NCCN1CC(=O)NCc1ccccc1. The Morgan fingerprint density at radius 2 is 2.08 bits per heavy atom. The molecule has 2 N–H and O–H groups in total. The number of amides is 2. The van der Waals surface area contributed by atoms with Crippen LogP contribution in [0.4, 0.5) is 0 Å². The Bertz CT molecular complexity index is 591. The second-order valence-corrected chi connectivity index (χ2v) is 5.96. The van der Waals surface area contributed by atoms with E-state index in [2.05, 4.69) is 10.6 Å². The Balaban J connectivity index is 1.87. The van der Waals surface area contributed by atoms with Crippen LogP contribution in [0.1, 0.15) is 25.3 Å². The lowest BCUT2D eigenvalue weighted by atomic mass is 10.1. The number of nitrogens with zero attached hydrogens (tertiary/aromatic N) is 1. The number of nitrogens with one attached hydrogen (secondary N) is 2. The molecule has 2 amide bonds. The number of carbonyl (C=O) groups is 3. The van der Waals surface area contributed by atoms with Crippen LogP contribution in [0, 0.1) is 0 Å². The minimum Gasteiger partial charge on any atom is -0.466 e. The van der Waals surface area contributed by atoms with E-state index in [1.165, 1.54) is 0 Å². The number of hydrogen-bond acceptors (Lipinski definition) is 5. The fourth-order valence-corrected chi connectivity index (χ4v) is 2.64. The third-order valence-corrected chi connectivity index (χ3v) is 3.95. The van der Waals surface area contributed by atoms with Crippen LogP contribution in [0.5, 0.6) is 0 Å². The molecular formula is C18H25N3O4. The summed E-state index contributed by atoms with van der Waals surface area (Å²) in [5, 5.41) is 5.58. The van der Waals surface area contributed by atoms with Gasteiger partial charge in [0, 0.05) is 19.6 Å². The highest BCUT2D eigenvalue weighted by Gasteiger charge is 2.33. The summed E-state index contributed by atoms with van der Waals surface area (Å²) in [6.45, 7) is 3.74. The van der Waals surface area contributed by atoms with Gasteiger partial charge in [-0.05, 0) is 12.0 Å². The fraction of sp³-hybridized carbons (Fsp3) is 0.500. The van der Waals surface area contributed by atoms with Crippen LogP contribution in [-0.4, -0.2) is 55.0 Å². The smallest absolute Gasteiger partial charge is 0.307 e. The molecule has 1 atom stereocenters. The van der Waals surface area contributed by atoms with Gasteiger partial charge in [-0.3, -0.25) is 19.3 Å². The van der Waals surface area contributed by atoms with Gasteiger partial charge in [0.05, 0.1) is 19.6 Å². The van der Waals surface area contributed by atoms with E-state index >= 15 is 0 Å². The van der Waals surface area contributed by atoms with E-state index < -0.39 is 12.0 Å². The van der Waals surface area contributed by atoms with Gasteiger partial charge >= 0.3 is 5.97 Å². The molecule has 25 heavy (non-hydrogen) atoms. The van der Waals surface area contributed by atoms with Crippen molar-refractivity contribution < 1.29 is 19.1 Å². The molecule has 2 rings (SSSR count). The van der Waals surface area contributed by atoms with Crippen molar-refractivity contribution in [3.05, 3.63) is 35.9 Å². The molecule has 1 aliphatic heterocycles. The third-order valence-electron chi connectivity index (χ3n) is 3.95. The first-order chi connectivity index (χ1) is 12.1. The lowest BCUT2D eigenvalue weighted by Gasteiger charge is -2.33. The van der Waals surface area contributed by atoms with E-state index in [-0.39, 0.29) is 24.8 Å². The van der Waals surface area contributed by atoms with Crippen molar-refractivity contribution >= 4 is 17.8 Å². The molecule has 1 aromatic rings. The number of benzene rings is 1. The number of piperazine rings is 1. The monoisotopic (exact) mass is 347 g/mol. The first-order valence-corrected chi connectivity index (χ1v) is 8.58. The number of hydrogen-bond donors (Lipinski definition) is 2. The molecule has 1 aromatic carbocycles. The molecule has 0 spiro atoms. The van der Waals surface area contributed by atoms with Gasteiger partial charge in [0.2, 0.25) is 11.8 Å². The van der Waals surface area contributed by atoms with Gasteiger partial charge in [0.1, 0.15) is 6.04 Å². The maximum atomic E-state index is 12.2. The maximum absolute atomic E-state index is 12.2. The van der Waals surface area contributed by atoms with Crippen molar-refractivity contribution in [2.75, 3.05) is 26.2 Å². The van der Waals surface area contributed by atoms with Gasteiger partial charge in [-0.15, -0.1) is 0 Å². The molecule has 1 fully saturated rings. The maximum Gasteiger partial charge on any atom is 0.307 e. The van der Waals surface area contributed by atoms with Crippen molar-refractivity contribution in [2.45, 2.75) is 32.4 Å². The Labute approximate surface area is 147 Å². The summed E-state index contributed by atoms with van der Waals surface area (Å²) < 4.78 is 5.05. The quantitative estimate of drug-likeness (QED) is 0.667. The predicted octanol–water partition coefficient (Wildman–Crippen LogP) is 0.447. The summed E-state index contributed by atoms with van der Waals surface area (Å²) in [7, 11) is 0. The zero-order valence-electron chi connectivity index (χ0n) is 14.5. The Morgan fingerprint density at radius 1 is 1.32 bits per heavy atom. The molecule has 1 saturated heterocycles. The van der Waals surface area contributed by atoms with E-state index in [0.717, 1.165) is 12.0 Å². The van der Waals surface area contributed by atoms with Crippen molar-refractivity contribution in [3.63, 3.8) is 0 Å². The summed E-state index contributed by atoms with van der Waals surface area (Å²) in [5.41, 5.74) is 1.01. The summed E-state index contributed by atoms with van der Waals surface area (Å²) in [4.78, 5) is 37.8. The highest BCUT2D eigenvalue weighted by Crippen LogP contribution is 2.10. The van der Waals surface area contributed by atoms with Gasteiger partial charge in [0.15, 0.2) is 0 Å². The van der Waals surface area contributed by atoms with Crippen molar-refractivity contribution in [1.29, 1.82) is 0 Å². The molecule has 0 bridgehead atoms. The Morgan fingerprint density at radius 3 is 2.80 bits per heavy atom. The van der Waals surface area contributed by atoms with Crippen LogP contribution in [0.3, 0.4) is 0 Å². The number of rotatable bonds is 8. The first kappa shape index (κ1) is 18.9. The number of esters is 1. The average Bonchev–Trinajstić information content (AvgIpc) is 2.62. The van der Waals surface area contributed by atoms with Crippen LogP contribution in [0.15, 0.2) is 30.3 Å². The molecule has 0 aliphatic carbocycles. The Kier molecular flexibility index (Phi) is 7.40. The predicted molar refractivity (Wildman–Crippen MR) is 92.5 cm³/mol. The van der Waals surface area contributed by atoms with Gasteiger partial charge in [0.25, 0.3) is 0 Å². The van der Waals surface area contributed by atoms with Crippen molar-refractivity contribution in [1.82, 2.24) is 15.5 Å². The summed E-state index contributed by atoms with van der Waals surface area (Å²) in [6, 6.07) is 8.94. The first-order valence-electron chi connectivity index (χ1n) is 8.58. The molecule has 7 nitrogen and oxygen atoms in total. The third kappa shape index (κ3) is 6.19. The van der Waals surface area contributed by atoms with E-state index in [0.29, 0.717) is 26.2 Å². The molecule has 1 aliphatic rings. The molecule has 7 heteroatoms. The molecule has 0 saturated carbocycles. The van der Waals surface area contributed by atoms with E-state index in [1.807, 2.05) is 37.3 Å². The lowest BCUT2D eigenvalue weighted by molar-refractivity contribution is -0.149.